The highest BCUT2D eigenvalue weighted by atomic mass is 127. The van der Waals surface area contributed by atoms with Crippen molar-refractivity contribution in [2.45, 2.75) is 6.04 Å². The highest BCUT2D eigenvalue weighted by Gasteiger charge is 2.21. The zero-order valence-electron chi connectivity index (χ0n) is 8.55. The molecule has 0 bridgehead atoms. The Morgan fingerprint density at radius 3 is 2.59 bits per heavy atom. The van der Waals surface area contributed by atoms with E-state index in [1.807, 2.05) is 22.6 Å². The van der Waals surface area contributed by atoms with E-state index in [-0.39, 0.29) is 11.3 Å². The summed E-state index contributed by atoms with van der Waals surface area (Å²) in [6.07, 6.45) is 0. The Labute approximate surface area is 110 Å². The zero-order chi connectivity index (χ0) is 13.0. The first-order valence-corrected chi connectivity index (χ1v) is 5.66. The van der Waals surface area contributed by atoms with Gasteiger partial charge in [0.05, 0.1) is 12.2 Å². The van der Waals surface area contributed by atoms with Gasteiger partial charge in [0, 0.05) is 3.57 Å². The predicted molar refractivity (Wildman–Crippen MR) is 66.8 cm³/mol. The average Bonchev–Trinajstić information content (AvgIpc) is 2.28. The van der Waals surface area contributed by atoms with E-state index < -0.39 is 24.5 Å². The second kappa shape index (κ2) is 5.82. The van der Waals surface area contributed by atoms with Crippen LogP contribution in [0.25, 0.3) is 0 Å². The van der Waals surface area contributed by atoms with Crippen LogP contribution < -0.4 is 5.32 Å². The van der Waals surface area contributed by atoms with Crippen LogP contribution in [0.3, 0.4) is 0 Å². The summed E-state index contributed by atoms with van der Waals surface area (Å²) < 4.78 is 0.724. The first-order chi connectivity index (χ1) is 7.95. The van der Waals surface area contributed by atoms with Crippen LogP contribution in [0.2, 0.25) is 0 Å². The van der Waals surface area contributed by atoms with Crippen molar-refractivity contribution in [1.82, 2.24) is 5.32 Å². The Morgan fingerprint density at radius 1 is 1.41 bits per heavy atom. The van der Waals surface area contributed by atoms with Gasteiger partial charge >= 0.3 is 5.97 Å². The summed E-state index contributed by atoms with van der Waals surface area (Å²) in [5.74, 6) is -2.33. The smallest absolute Gasteiger partial charge is 0.328 e. The number of aliphatic hydroxyl groups is 1. The van der Waals surface area contributed by atoms with E-state index in [0.717, 1.165) is 3.57 Å². The van der Waals surface area contributed by atoms with E-state index >= 15 is 0 Å². The zero-order valence-corrected chi connectivity index (χ0v) is 10.7. The number of amides is 1. The molecular weight excluding hydrogens is 341 g/mol. The fourth-order valence-electron chi connectivity index (χ4n) is 1.11. The van der Waals surface area contributed by atoms with Crippen LogP contribution in [0.15, 0.2) is 18.2 Å². The molecular formula is C10H10INO5. The molecule has 0 aliphatic carbocycles. The summed E-state index contributed by atoms with van der Waals surface area (Å²) in [6, 6.07) is 2.97. The lowest BCUT2D eigenvalue weighted by Crippen LogP contribution is -2.43. The number of aromatic hydroxyl groups is 1. The van der Waals surface area contributed by atoms with Crippen LogP contribution in [0.1, 0.15) is 10.4 Å². The number of benzene rings is 1. The van der Waals surface area contributed by atoms with Gasteiger partial charge < -0.3 is 20.6 Å². The standard InChI is InChI=1S/C10H10INO5/c11-5-1-2-8(14)6(3-5)9(15)12-7(4-13)10(16)17/h1-3,7,13-14H,4H2,(H,12,15)(H,16,17)/t7-/m0/s1. The number of hydrogen-bond donors (Lipinski definition) is 4. The summed E-state index contributed by atoms with van der Waals surface area (Å²) in [4.78, 5) is 22.3. The molecule has 1 aromatic carbocycles. The van der Waals surface area contributed by atoms with Crippen LogP contribution in [0.5, 0.6) is 5.75 Å². The van der Waals surface area contributed by atoms with Crippen LogP contribution in [-0.4, -0.2) is 39.8 Å². The minimum Gasteiger partial charge on any atom is -0.507 e. The minimum atomic E-state index is -1.39. The van der Waals surface area contributed by atoms with E-state index in [1.54, 1.807) is 6.07 Å². The highest BCUT2D eigenvalue weighted by Crippen LogP contribution is 2.19. The van der Waals surface area contributed by atoms with Crippen molar-refractivity contribution >= 4 is 34.5 Å². The van der Waals surface area contributed by atoms with Crippen molar-refractivity contribution in [2.24, 2.45) is 0 Å². The molecule has 0 unspecified atom stereocenters. The molecule has 17 heavy (non-hydrogen) atoms. The van der Waals surface area contributed by atoms with Gasteiger partial charge in [0.15, 0.2) is 6.04 Å². The maximum Gasteiger partial charge on any atom is 0.328 e. The topological polar surface area (TPSA) is 107 Å². The number of phenols is 1. The molecule has 1 amide bonds. The van der Waals surface area contributed by atoms with Crippen molar-refractivity contribution in [2.75, 3.05) is 6.61 Å². The molecule has 0 aliphatic rings. The van der Waals surface area contributed by atoms with Gasteiger partial charge in [-0.15, -0.1) is 0 Å². The van der Waals surface area contributed by atoms with E-state index in [9.17, 15) is 14.7 Å². The fraction of sp³-hybridized carbons (Fsp3) is 0.200. The summed E-state index contributed by atoms with van der Waals surface area (Å²) in [7, 11) is 0. The molecule has 0 saturated carbocycles. The summed E-state index contributed by atoms with van der Waals surface area (Å²) >= 11 is 1.95. The van der Waals surface area contributed by atoms with Crippen molar-refractivity contribution in [3.05, 3.63) is 27.3 Å². The maximum atomic E-state index is 11.6. The lowest BCUT2D eigenvalue weighted by Gasteiger charge is -2.12. The molecule has 1 rings (SSSR count). The number of hydrogen-bond acceptors (Lipinski definition) is 4. The van der Waals surface area contributed by atoms with Gasteiger partial charge in [-0.1, -0.05) is 0 Å². The number of halogens is 1. The highest BCUT2D eigenvalue weighted by molar-refractivity contribution is 14.1. The van der Waals surface area contributed by atoms with Gasteiger partial charge in [0.1, 0.15) is 5.75 Å². The average molecular weight is 351 g/mol. The van der Waals surface area contributed by atoms with E-state index in [2.05, 4.69) is 5.32 Å². The fourth-order valence-corrected chi connectivity index (χ4v) is 1.60. The lowest BCUT2D eigenvalue weighted by atomic mass is 10.1. The molecule has 0 spiro atoms. The SMILES string of the molecule is O=C(N[C@@H](CO)C(=O)O)c1cc(I)ccc1O. The molecule has 0 aliphatic heterocycles. The Balaban J connectivity index is 2.89. The molecule has 6 nitrogen and oxygen atoms in total. The normalized spacial score (nSPS) is 11.9. The molecule has 0 saturated heterocycles. The number of aliphatic hydroxyl groups excluding tert-OH is 1. The number of carbonyl (C=O) groups excluding carboxylic acids is 1. The number of rotatable bonds is 4. The van der Waals surface area contributed by atoms with E-state index in [0.29, 0.717) is 0 Å². The first kappa shape index (κ1) is 13.7. The Kier molecular flexibility index (Phi) is 4.70. The third-order valence-electron chi connectivity index (χ3n) is 1.99. The summed E-state index contributed by atoms with van der Waals surface area (Å²) in [5, 5.41) is 29.0. The largest absolute Gasteiger partial charge is 0.507 e. The molecule has 0 fully saturated rings. The molecule has 4 N–H and O–H groups in total. The van der Waals surface area contributed by atoms with Gasteiger partial charge in [-0.25, -0.2) is 4.79 Å². The molecule has 1 aromatic rings. The Hall–Kier alpha value is -1.35. The predicted octanol–water partition coefficient (Wildman–Crippen LogP) is 0.172. The number of carboxylic acid groups (broad SMARTS) is 1. The second-order valence-corrected chi connectivity index (χ2v) is 4.45. The van der Waals surface area contributed by atoms with Crippen molar-refractivity contribution in [1.29, 1.82) is 0 Å². The van der Waals surface area contributed by atoms with Gasteiger partial charge in [-0.05, 0) is 40.8 Å². The number of carboxylic acids is 1. The van der Waals surface area contributed by atoms with Crippen molar-refractivity contribution in [3.8, 4) is 5.75 Å². The molecule has 7 heteroatoms. The maximum absolute atomic E-state index is 11.6. The number of nitrogens with one attached hydrogen (secondary N) is 1. The van der Waals surface area contributed by atoms with Crippen LogP contribution >= 0.6 is 22.6 Å². The number of aliphatic carboxylic acids is 1. The Bertz CT molecular complexity index is 448. The lowest BCUT2D eigenvalue weighted by molar-refractivity contribution is -0.140. The minimum absolute atomic E-state index is 0.0309. The monoisotopic (exact) mass is 351 g/mol. The molecule has 92 valence electrons. The van der Waals surface area contributed by atoms with Crippen LogP contribution in [0.4, 0.5) is 0 Å². The van der Waals surface area contributed by atoms with Crippen LogP contribution in [-0.2, 0) is 4.79 Å². The molecule has 0 aromatic heterocycles. The van der Waals surface area contributed by atoms with Gasteiger partial charge in [0.2, 0.25) is 0 Å². The second-order valence-electron chi connectivity index (χ2n) is 3.21. The molecule has 0 radical (unpaired) electrons. The molecule has 1 atom stereocenters. The third-order valence-corrected chi connectivity index (χ3v) is 2.66. The van der Waals surface area contributed by atoms with E-state index in [4.69, 9.17) is 10.2 Å². The quantitative estimate of drug-likeness (QED) is 0.579. The molecule has 0 heterocycles. The Morgan fingerprint density at radius 2 is 2.06 bits per heavy atom. The van der Waals surface area contributed by atoms with E-state index in [1.165, 1.54) is 12.1 Å². The first-order valence-electron chi connectivity index (χ1n) is 4.58. The summed E-state index contributed by atoms with van der Waals surface area (Å²) in [5.41, 5.74) is -0.0309. The van der Waals surface area contributed by atoms with Crippen molar-refractivity contribution in [3.63, 3.8) is 0 Å². The summed E-state index contributed by atoms with van der Waals surface area (Å²) in [6.45, 7) is -0.717. The van der Waals surface area contributed by atoms with Gasteiger partial charge in [-0.2, -0.15) is 0 Å². The number of phenolic OH excluding ortho intramolecular Hbond substituents is 1. The van der Waals surface area contributed by atoms with Gasteiger partial charge in [-0.3, -0.25) is 4.79 Å². The van der Waals surface area contributed by atoms with Crippen LogP contribution in [0, 0.1) is 3.57 Å². The van der Waals surface area contributed by atoms with Crippen molar-refractivity contribution < 1.29 is 24.9 Å². The van der Waals surface area contributed by atoms with Gasteiger partial charge in [0.25, 0.3) is 5.91 Å². The number of carbonyl (C=O) groups is 2. The third kappa shape index (κ3) is 3.56.